The van der Waals surface area contributed by atoms with E-state index in [1.807, 2.05) is 20.8 Å². The van der Waals surface area contributed by atoms with Gasteiger partial charge in [0.25, 0.3) is 0 Å². The number of fused-ring (bicyclic) bond motifs is 5. The smallest absolute Gasteiger partial charge is 0.407 e. The molecule has 0 heterocycles. The summed E-state index contributed by atoms with van der Waals surface area (Å²) < 4.78 is 5.27. The average Bonchev–Trinajstić information content (AvgIpc) is 3.20. The molecular formula is C35H60N2O3. The predicted molar refractivity (Wildman–Crippen MR) is 164 cm³/mol. The second kappa shape index (κ2) is 12.4. The molecule has 0 spiro atoms. The zero-order chi connectivity index (χ0) is 29.3. The van der Waals surface area contributed by atoms with Crippen molar-refractivity contribution >= 4 is 12.0 Å². The third kappa shape index (κ3) is 6.92. The maximum absolute atomic E-state index is 12.7. The van der Waals surface area contributed by atoms with Crippen LogP contribution in [-0.4, -0.2) is 30.2 Å². The summed E-state index contributed by atoms with van der Waals surface area (Å²) >= 11 is 0. The molecule has 4 aliphatic rings. The summed E-state index contributed by atoms with van der Waals surface area (Å²) in [5, 5.41) is 5.98. The summed E-state index contributed by atoms with van der Waals surface area (Å²) in [4.78, 5) is 24.5. The van der Waals surface area contributed by atoms with Crippen molar-refractivity contribution in [2.24, 2.45) is 46.3 Å². The van der Waals surface area contributed by atoms with Gasteiger partial charge in [0.1, 0.15) is 5.60 Å². The molecule has 0 aliphatic heterocycles. The molecule has 0 aromatic rings. The van der Waals surface area contributed by atoms with Crippen LogP contribution in [0, 0.1) is 46.3 Å². The first-order valence-electron chi connectivity index (χ1n) is 16.7. The average molecular weight is 557 g/mol. The monoisotopic (exact) mass is 556 g/mol. The van der Waals surface area contributed by atoms with E-state index in [-0.39, 0.29) is 18.4 Å². The minimum atomic E-state index is -0.532. The van der Waals surface area contributed by atoms with Gasteiger partial charge in [-0.25, -0.2) is 4.79 Å². The van der Waals surface area contributed by atoms with Gasteiger partial charge in [-0.05, 0) is 118 Å². The standard InChI is InChI=1S/C35H60N2O3/c1-23(2)10-9-11-24(3)28-14-15-29-27-13-12-25-22-26(16-19-34(25,7)30(27)17-20-35(28,29)8)37-31(38)18-21-36-32(39)40-33(4,5)6/h12,23-24,26-30H,9-11,13-22H2,1-8H3,(H,36,39)(H,37,38)/t24-,26+,27+,28-,29+,30+,34+,35-/m1/s1. The molecule has 0 saturated heterocycles. The van der Waals surface area contributed by atoms with Crippen molar-refractivity contribution in [1.82, 2.24) is 10.6 Å². The Labute approximate surface area is 245 Å². The molecule has 3 fully saturated rings. The Morgan fingerprint density at radius 1 is 1.02 bits per heavy atom. The highest BCUT2D eigenvalue weighted by atomic mass is 16.6. The highest BCUT2D eigenvalue weighted by Gasteiger charge is 2.59. The SMILES string of the molecule is CC(C)CCC[C@@H](C)[C@H]1CC[C@H]2[C@@H]3CC=C4C[C@@H](NC(=O)CCNC(=O)OC(C)(C)C)CC[C@]4(C)[C@H]3CC[C@]12C. The minimum absolute atomic E-state index is 0.0203. The number of nitrogens with one attached hydrogen (secondary N) is 2. The summed E-state index contributed by atoms with van der Waals surface area (Å²) in [6.07, 6.45) is 16.7. The van der Waals surface area contributed by atoms with Gasteiger partial charge in [-0.1, -0.05) is 65.5 Å². The minimum Gasteiger partial charge on any atom is -0.444 e. The highest BCUT2D eigenvalue weighted by molar-refractivity contribution is 5.77. The second-order valence-corrected chi connectivity index (χ2v) is 16.0. The molecule has 4 aliphatic carbocycles. The quantitative estimate of drug-likeness (QED) is 0.280. The van der Waals surface area contributed by atoms with Crippen LogP contribution in [-0.2, 0) is 9.53 Å². The van der Waals surface area contributed by atoms with Crippen molar-refractivity contribution in [2.45, 2.75) is 144 Å². The number of alkyl carbamates (subject to hydrolysis) is 1. The molecule has 5 heteroatoms. The first-order chi connectivity index (χ1) is 18.7. The van der Waals surface area contributed by atoms with E-state index in [1.54, 1.807) is 5.57 Å². The van der Waals surface area contributed by atoms with Crippen LogP contribution in [0.25, 0.3) is 0 Å². The van der Waals surface area contributed by atoms with Crippen LogP contribution < -0.4 is 10.6 Å². The summed E-state index contributed by atoms with van der Waals surface area (Å²) in [5.41, 5.74) is 1.90. The molecule has 228 valence electrons. The van der Waals surface area contributed by atoms with Gasteiger partial charge in [0.05, 0.1) is 0 Å². The number of carbonyl (C=O) groups is 2. The molecular weight excluding hydrogens is 496 g/mol. The van der Waals surface area contributed by atoms with Gasteiger partial charge in [0.15, 0.2) is 0 Å². The maximum atomic E-state index is 12.7. The fraction of sp³-hybridized carbons (Fsp3) is 0.886. The number of allylic oxidation sites excluding steroid dienone is 1. The van der Waals surface area contributed by atoms with Crippen LogP contribution >= 0.6 is 0 Å². The summed E-state index contributed by atoms with van der Waals surface area (Å²) in [6, 6.07) is 0.210. The van der Waals surface area contributed by atoms with Crippen molar-refractivity contribution in [1.29, 1.82) is 0 Å². The van der Waals surface area contributed by atoms with Crippen LogP contribution in [0.3, 0.4) is 0 Å². The van der Waals surface area contributed by atoms with Gasteiger partial charge in [0.2, 0.25) is 5.91 Å². The Hall–Kier alpha value is -1.52. The molecule has 0 radical (unpaired) electrons. The fourth-order valence-electron chi connectivity index (χ4n) is 9.70. The molecule has 40 heavy (non-hydrogen) atoms. The van der Waals surface area contributed by atoms with Gasteiger partial charge in [-0.2, -0.15) is 0 Å². The fourth-order valence-corrected chi connectivity index (χ4v) is 9.70. The maximum Gasteiger partial charge on any atom is 0.407 e. The van der Waals surface area contributed by atoms with Gasteiger partial charge in [-0.3, -0.25) is 4.79 Å². The molecule has 2 amide bonds. The molecule has 8 atom stereocenters. The lowest BCUT2D eigenvalue weighted by Crippen LogP contribution is -2.52. The van der Waals surface area contributed by atoms with Crippen molar-refractivity contribution in [3.8, 4) is 0 Å². The predicted octanol–water partition coefficient (Wildman–Crippen LogP) is 8.43. The third-order valence-electron chi connectivity index (χ3n) is 11.7. The molecule has 0 aromatic carbocycles. The Morgan fingerprint density at radius 2 is 1.77 bits per heavy atom. The van der Waals surface area contributed by atoms with E-state index in [0.29, 0.717) is 17.4 Å². The van der Waals surface area contributed by atoms with Gasteiger partial charge in [-0.15, -0.1) is 0 Å². The Bertz CT molecular complexity index is 935. The van der Waals surface area contributed by atoms with Gasteiger partial charge < -0.3 is 15.4 Å². The van der Waals surface area contributed by atoms with E-state index >= 15 is 0 Å². The van der Waals surface area contributed by atoms with Crippen LogP contribution in [0.5, 0.6) is 0 Å². The van der Waals surface area contributed by atoms with Crippen molar-refractivity contribution < 1.29 is 14.3 Å². The zero-order valence-corrected chi connectivity index (χ0v) is 27.0. The lowest BCUT2D eigenvalue weighted by atomic mass is 9.47. The normalized spacial score (nSPS) is 36.1. The van der Waals surface area contributed by atoms with Crippen LogP contribution in [0.2, 0.25) is 0 Å². The highest BCUT2D eigenvalue weighted by Crippen LogP contribution is 2.67. The number of carbonyl (C=O) groups excluding carboxylic acids is 2. The Kier molecular flexibility index (Phi) is 9.72. The Balaban J connectivity index is 1.31. The summed E-state index contributed by atoms with van der Waals surface area (Å²) in [7, 11) is 0. The van der Waals surface area contributed by atoms with Crippen molar-refractivity contribution in [2.75, 3.05) is 6.54 Å². The van der Waals surface area contributed by atoms with E-state index in [4.69, 9.17) is 4.74 Å². The van der Waals surface area contributed by atoms with Crippen molar-refractivity contribution in [3.05, 3.63) is 11.6 Å². The van der Waals surface area contributed by atoms with Gasteiger partial charge in [0, 0.05) is 19.0 Å². The second-order valence-electron chi connectivity index (χ2n) is 16.0. The number of hydrogen-bond donors (Lipinski definition) is 2. The molecule has 0 aromatic heterocycles. The number of ether oxygens (including phenoxy) is 1. The van der Waals surface area contributed by atoms with E-state index in [1.165, 1.54) is 57.8 Å². The summed E-state index contributed by atoms with van der Waals surface area (Å²) in [5.74, 6) is 5.12. The van der Waals surface area contributed by atoms with E-state index in [2.05, 4.69) is 51.3 Å². The van der Waals surface area contributed by atoms with Gasteiger partial charge >= 0.3 is 6.09 Å². The molecule has 3 saturated carbocycles. The largest absolute Gasteiger partial charge is 0.444 e. The van der Waals surface area contributed by atoms with E-state index in [0.717, 1.165) is 48.3 Å². The van der Waals surface area contributed by atoms with E-state index < -0.39 is 11.7 Å². The van der Waals surface area contributed by atoms with Crippen LogP contribution in [0.4, 0.5) is 4.79 Å². The number of amides is 2. The van der Waals surface area contributed by atoms with Crippen molar-refractivity contribution in [3.63, 3.8) is 0 Å². The zero-order valence-electron chi connectivity index (χ0n) is 27.0. The first-order valence-corrected chi connectivity index (χ1v) is 16.7. The van der Waals surface area contributed by atoms with Crippen LogP contribution in [0.15, 0.2) is 11.6 Å². The first kappa shape index (κ1) is 31.4. The molecule has 0 bridgehead atoms. The molecule has 4 rings (SSSR count). The molecule has 5 nitrogen and oxygen atoms in total. The summed E-state index contributed by atoms with van der Waals surface area (Å²) in [6.45, 7) is 18.3. The lowest BCUT2D eigenvalue weighted by molar-refractivity contribution is -0.122. The number of rotatable bonds is 9. The number of hydrogen-bond acceptors (Lipinski definition) is 3. The molecule has 0 unspecified atom stereocenters. The third-order valence-corrected chi connectivity index (χ3v) is 11.7. The lowest BCUT2D eigenvalue weighted by Gasteiger charge is -2.58. The topological polar surface area (TPSA) is 67.4 Å². The Morgan fingerprint density at radius 3 is 2.48 bits per heavy atom. The van der Waals surface area contributed by atoms with Crippen LogP contribution in [0.1, 0.15) is 132 Å². The molecule has 2 N–H and O–H groups in total. The van der Waals surface area contributed by atoms with E-state index in [9.17, 15) is 9.59 Å².